The van der Waals surface area contributed by atoms with Gasteiger partial charge in [-0.3, -0.25) is 9.36 Å². The fraction of sp³-hybridized carbons (Fsp3) is 0.200. The van der Waals surface area contributed by atoms with E-state index in [1.165, 1.54) is 0 Å². The van der Waals surface area contributed by atoms with Crippen LogP contribution in [0.1, 0.15) is 18.8 Å². The van der Waals surface area contributed by atoms with Crippen molar-refractivity contribution in [2.45, 2.75) is 18.1 Å². The number of hydrogen-bond donors (Lipinski definition) is 1. The van der Waals surface area contributed by atoms with Gasteiger partial charge in [0.05, 0.1) is 23.8 Å². The summed E-state index contributed by atoms with van der Waals surface area (Å²) in [5, 5.41) is 18.4. The average Bonchev–Trinajstić information content (AvgIpc) is 3.22. The van der Waals surface area contributed by atoms with Gasteiger partial charge in [-0.05, 0) is 25.1 Å². The van der Waals surface area contributed by atoms with Crippen molar-refractivity contribution < 1.29 is 9.90 Å². The molecule has 0 saturated carbocycles. The maximum Gasteiger partial charge on any atom is 0.313 e. The topological polar surface area (TPSA) is 85.8 Å². The normalized spacial score (nSPS) is 12.2. The average molecular weight is 364 g/mol. The number of aromatic nitrogens is 5. The fourth-order valence-electron chi connectivity index (χ4n) is 2.26. The first-order valence-corrected chi connectivity index (χ1v) is 8.46. The molecule has 0 saturated heterocycles. The molecule has 9 heteroatoms. The molecule has 0 aliphatic rings. The molecule has 0 aliphatic carbocycles. The Bertz CT molecular complexity index is 849. The molecule has 3 rings (SSSR count). The Morgan fingerprint density at radius 1 is 1.42 bits per heavy atom. The first-order valence-electron chi connectivity index (χ1n) is 7.09. The number of carboxylic acids is 1. The molecular formula is C15H14ClN5O2S. The molecule has 1 atom stereocenters. The van der Waals surface area contributed by atoms with Gasteiger partial charge in [-0.15, -0.1) is 10.2 Å². The molecule has 2 heterocycles. The summed E-state index contributed by atoms with van der Waals surface area (Å²) in [6.45, 7) is 1.97. The first-order chi connectivity index (χ1) is 11.6. The standard InChI is InChI=1S/C15H14ClN5O2S/c1-10(20-6-5-17-9-20)14-18-19-15(24-8-13(22)23)21(14)12-4-2-3-11(16)7-12/h2-7,9-10H,8H2,1H3,(H,22,23). The molecule has 0 radical (unpaired) electrons. The molecule has 0 fully saturated rings. The predicted molar refractivity (Wildman–Crippen MR) is 90.8 cm³/mol. The summed E-state index contributed by atoms with van der Waals surface area (Å²) in [6, 6.07) is 7.15. The van der Waals surface area contributed by atoms with Gasteiger partial charge in [0.1, 0.15) is 0 Å². The molecule has 1 N–H and O–H groups in total. The van der Waals surface area contributed by atoms with Gasteiger partial charge in [0.25, 0.3) is 0 Å². The Labute approximate surface area is 147 Å². The quantitative estimate of drug-likeness (QED) is 0.678. The highest BCUT2D eigenvalue weighted by molar-refractivity contribution is 7.99. The van der Waals surface area contributed by atoms with E-state index in [1.54, 1.807) is 24.7 Å². The molecule has 2 aromatic heterocycles. The summed E-state index contributed by atoms with van der Waals surface area (Å²) in [5.74, 6) is -0.342. The van der Waals surface area contributed by atoms with Crippen LogP contribution in [-0.4, -0.2) is 41.1 Å². The lowest BCUT2D eigenvalue weighted by molar-refractivity contribution is -0.133. The van der Waals surface area contributed by atoms with Crippen LogP contribution in [0.4, 0.5) is 0 Å². The van der Waals surface area contributed by atoms with Gasteiger partial charge in [-0.1, -0.05) is 29.4 Å². The minimum atomic E-state index is -0.912. The molecule has 1 aromatic carbocycles. The van der Waals surface area contributed by atoms with Crippen molar-refractivity contribution in [3.63, 3.8) is 0 Å². The van der Waals surface area contributed by atoms with E-state index in [9.17, 15) is 4.79 Å². The minimum Gasteiger partial charge on any atom is -0.481 e. The van der Waals surface area contributed by atoms with Crippen LogP contribution in [-0.2, 0) is 4.79 Å². The van der Waals surface area contributed by atoms with E-state index in [4.69, 9.17) is 16.7 Å². The number of thioether (sulfide) groups is 1. The SMILES string of the molecule is CC(c1nnc(SCC(=O)O)n1-c1cccc(Cl)c1)n1ccnc1. The van der Waals surface area contributed by atoms with Crippen LogP contribution >= 0.6 is 23.4 Å². The Balaban J connectivity index is 2.07. The van der Waals surface area contributed by atoms with Gasteiger partial charge in [-0.25, -0.2) is 4.98 Å². The van der Waals surface area contributed by atoms with Crippen molar-refractivity contribution in [1.82, 2.24) is 24.3 Å². The van der Waals surface area contributed by atoms with Crippen LogP contribution in [0, 0.1) is 0 Å². The molecule has 7 nitrogen and oxygen atoms in total. The maximum absolute atomic E-state index is 10.9. The second-order valence-corrected chi connectivity index (χ2v) is 6.40. The molecule has 1 unspecified atom stereocenters. The van der Waals surface area contributed by atoms with Crippen LogP contribution in [0.2, 0.25) is 5.02 Å². The third-order valence-electron chi connectivity index (χ3n) is 3.40. The first kappa shape index (κ1) is 16.5. The molecule has 24 heavy (non-hydrogen) atoms. The third-order valence-corrected chi connectivity index (χ3v) is 4.54. The van der Waals surface area contributed by atoms with Crippen LogP contribution < -0.4 is 0 Å². The number of aliphatic carboxylic acids is 1. The lowest BCUT2D eigenvalue weighted by Crippen LogP contribution is -2.12. The van der Waals surface area contributed by atoms with Crippen molar-refractivity contribution >= 4 is 29.3 Å². The van der Waals surface area contributed by atoms with E-state index in [0.717, 1.165) is 17.4 Å². The molecule has 124 valence electrons. The Morgan fingerprint density at radius 2 is 2.25 bits per heavy atom. The van der Waals surface area contributed by atoms with Crippen molar-refractivity contribution in [3.05, 3.63) is 53.8 Å². The number of halogens is 1. The predicted octanol–water partition coefficient (Wildman–Crippen LogP) is 2.90. The Hall–Kier alpha value is -2.32. The van der Waals surface area contributed by atoms with E-state index in [-0.39, 0.29) is 11.8 Å². The van der Waals surface area contributed by atoms with Gasteiger partial charge < -0.3 is 9.67 Å². The van der Waals surface area contributed by atoms with Crippen molar-refractivity contribution in [1.29, 1.82) is 0 Å². The molecule has 0 amide bonds. The summed E-state index contributed by atoms with van der Waals surface area (Å²) < 4.78 is 3.72. The number of benzene rings is 1. The fourth-order valence-corrected chi connectivity index (χ4v) is 3.13. The molecular weight excluding hydrogens is 350 g/mol. The Morgan fingerprint density at radius 3 is 2.92 bits per heavy atom. The van der Waals surface area contributed by atoms with Crippen molar-refractivity contribution in [3.8, 4) is 5.69 Å². The molecule has 3 aromatic rings. The maximum atomic E-state index is 10.9. The van der Waals surface area contributed by atoms with Gasteiger partial charge in [0.15, 0.2) is 11.0 Å². The van der Waals surface area contributed by atoms with Crippen LogP contribution in [0.5, 0.6) is 0 Å². The van der Waals surface area contributed by atoms with Crippen LogP contribution in [0.15, 0.2) is 48.1 Å². The van der Waals surface area contributed by atoms with E-state index in [1.807, 2.05) is 34.4 Å². The molecule has 0 aliphatic heterocycles. The minimum absolute atomic E-state index is 0.0991. The summed E-state index contributed by atoms with van der Waals surface area (Å²) >= 11 is 7.22. The summed E-state index contributed by atoms with van der Waals surface area (Å²) in [4.78, 5) is 14.9. The number of hydrogen-bond acceptors (Lipinski definition) is 5. The third kappa shape index (κ3) is 3.44. The summed E-state index contributed by atoms with van der Waals surface area (Å²) in [6.07, 6.45) is 5.23. The monoisotopic (exact) mass is 363 g/mol. The van der Waals surface area contributed by atoms with Gasteiger partial charge >= 0.3 is 5.97 Å². The zero-order chi connectivity index (χ0) is 17.1. The Kier molecular flexibility index (Phi) is 4.86. The number of imidazole rings is 1. The second-order valence-electron chi connectivity index (χ2n) is 5.02. The van der Waals surface area contributed by atoms with Gasteiger partial charge in [0.2, 0.25) is 0 Å². The highest BCUT2D eigenvalue weighted by atomic mass is 35.5. The van der Waals surface area contributed by atoms with Gasteiger partial charge in [0, 0.05) is 17.4 Å². The van der Waals surface area contributed by atoms with E-state index < -0.39 is 5.97 Å². The van der Waals surface area contributed by atoms with E-state index >= 15 is 0 Å². The lowest BCUT2D eigenvalue weighted by Gasteiger charge is -2.15. The number of rotatable bonds is 6. The lowest BCUT2D eigenvalue weighted by atomic mass is 10.2. The van der Waals surface area contributed by atoms with Crippen molar-refractivity contribution in [2.75, 3.05) is 5.75 Å². The smallest absolute Gasteiger partial charge is 0.313 e. The zero-order valence-electron chi connectivity index (χ0n) is 12.7. The largest absolute Gasteiger partial charge is 0.481 e. The highest BCUT2D eigenvalue weighted by Gasteiger charge is 2.21. The van der Waals surface area contributed by atoms with E-state index in [0.29, 0.717) is 16.0 Å². The van der Waals surface area contributed by atoms with E-state index in [2.05, 4.69) is 15.2 Å². The summed E-state index contributed by atoms with van der Waals surface area (Å²) in [7, 11) is 0. The zero-order valence-corrected chi connectivity index (χ0v) is 14.3. The second kappa shape index (κ2) is 7.06. The summed E-state index contributed by atoms with van der Waals surface area (Å²) in [5.41, 5.74) is 0.780. The van der Waals surface area contributed by atoms with Crippen LogP contribution in [0.3, 0.4) is 0 Å². The number of carboxylic acid groups (broad SMARTS) is 1. The highest BCUT2D eigenvalue weighted by Crippen LogP contribution is 2.27. The van der Waals surface area contributed by atoms with Gasteiger partial charge in [-0.2, -0.15) is 0 Å². The number of carbonyl (C=O) groups is 1. The van der Waals surface area contributed by atoms with Crippen LogP contribution in [0.25, 0.3) is 5.69 Å². The number of nitrogens with zero attached hydrogens (tertiary/aromatic N) is 5. The molecule has 0 bridgehead atoms. The van der Waals surface area contributed by atoms with Crippen molar-refractivity contribution in [2.24, 2.45) is 0 Å². The molecule has 0 spiro atoms.